The zero-order chi connectivity index (χ0) is 29.0. The Morgan fingerprint density at radius 1 is 0.950 bits per heavy atom. The highest BCUT2D eigenvalue weighted by atomic mass is 16.6. The maximum atomic E-state index is 13.3. The summed E-state index contributed by atoms with van der Waals surface area (Å²) in [4.78, 5) is 27.1. The minimum atomic E-state index is -1.16. The molecular formula is C33H37NO6. The van der Waals surface area contributed by atoms with Crippen LogP contribution in [0, 0.1) is 13.8 Å². The van der Waals surface area contributed by atoms with Crippen LogP contribution in [0.2, 0.25) is 0 Å². The first-order valence-electron chi connectivity index (χ1n) is 13.4. The molecule has 7 heteroatoms. The zero-order valence-electron chi connectivity index (χ0n) is 23.8. The predicted molar refractivity (Wildman–Crippen MR) is 155 cm³/mol. The number of amides is 1. The number of aliphatic hydroxyl groups excluding tert-OH is 1. The Morgan fingerprint density at radius 2 is 1.50 bits per heavy atom. The highest BCUT2D eigenvalue weighted by Gasteiger charge is 2.33. The lowest BCUT2D eigenvalue weighted by molar-refractivity contribution is -0.158. The van der Waals surface area contributed by atoms with Crippen molar-refractivity contribution in [3.63, 3.8) is 0 Å². The molecule has 0 fully saturated rings. The Morgan fingerprint density at radius 3 is 2.02 bits per heavy atom. The summed E-state index contributed by atoms with van der Waals surface area (Å²) in [5.74, 6) is -0.0703. The molecule has 40 heavy (non-hydrogen) atoms. The summed E-state index contributed by atoms with van der Waals surface area (Å²) in [7, 11) is 0. The fourth-order valence-corrected chi connectivity index (χ4v) is 5.20. The van der Waals surface area contributed by atoms with Crippen molar-refractivity contribution in [1.29, 1.82) is 0 Å². The van der Waals surface area contributed by atoms with Crippen LogP contribution in [0.3, 0.4) is 0 Å². The summed E-state index contributed by atoms with van der Waals surface area (Å²) in [5, 5.41) is 9.96. The molecule has 1 amide bonds. The standard InChI is InChI=1S/C33H37NO6/c1-7-38-31(36)33(5,6)40-30-21(2)16-24(17-22(30)3)19-34(18-23(4)35)32(37)39-20-29-27-14-10-8-12-25(27)26-13-9-11-15-28(26)29/h8-17,29,35H,4,7,18-20H2,1-3,5-6H3. The molecule has 0 heterocycles. The number of esters is 1. The van der Waals surface area contributed by atoms with Crippen molar-refractivity contribution in [2.75, 3.05) is 19.8 Å². The second-order valence-electron chi connectivity index (χ2n) is 10.6. The van der Waals surface area contributed by atoms with Crippen LogP contribution in [0.4, 0.5) is 4.79 Å². The van der Waals surface area contributed by atoms with Crippen molar-refractivity contribution in [2.24, 2.45) is 0 Å². The van der Waals surface area contributed by atoms with Gasteiger partial charge in [0, 0.05) is 12.5 Å². The van der Waals surface area contributed by atoms with E-state index in [0.29, 0.717) is 5.75 Å². The maximum absolute atomic E-state index is 13.3. The molecule has 0 bridgehead atoms. The Bertz CT molecular complexity index is 1360. The van der Waals surface area contributed by atoms with Crippen molar-refractivity contribution >= 4 is 12.1 Å². The SMILES string of the molecule is C=C(O)CN(Cc1cc(C)c(OC(C)(C)C(=O)OCC)c(C)c1)C(=O)OCC1c2ccccc2-c2ccccc21. The average molecular weight is 544 g/mol. The molecule has 3 aromatic carbocycles. The van der Waals surface area contributed by atoms with Crippen LogP contribution in [0.25, 0.3) is 11.1 Å². The van der Waals surface area contributed by atoms with Gasteiger partial charge in [-0.05, 0) is 73.6 Å². The van der Waals surface area contributed by atoms with Crippen LogP contribution >= 0.6 is 0 Å². The fourth-order valence-electron chi connectivity index (χ4n) is 5.20. The van der Waals surface area contributed by atoms with Crippen molar-refractivity contribution in [2.45, 2.75) is 52.7 Å². The average Bonchev–Trinajstić information content (AvgIpc) is 3.22. The van der Waals surface area contributed by atoms with Gasteiger partial charge in [-0.25, -0.2) is 9.59 Å². The molecule has 3 aromatic rings. The molecule has 0 saturated carbocycles. The molecule has 0 spiro atoms. The Hall–Kier alpha value is -4.26. The molecule has 4 rings (SSSR count). The van der Waals surface area contributed by atoms with E-state index < -0.39 is 17.7 Å². The second kappa shape index (κ2) is 11.9. The van der Waals surface area contributed by atoms with Gasteiger partial charge >= 0.3 is 12.1 Å². The monoisotopic (exact) mass is 543 g/mol. The third-order valence-corrected chi connectivity index (χ3v) is 6.99. The maximum Gasteiger partial charge on any atom is 0.410 e. The summed E-state index contributed by atoms with van der Waals surface area (Å²) in [6.07, 6.45) is -0.545. The Balaban J connectivity index is 1.50. The topological polar surface area (TPSA) is 85.3 Å². The Labute approximate surface area is 236 Å². The minimum absolute atomic E-state index is 0.0666. The van der Waals surface area contributed by atoms with Crippen LogP contribution in [-0.2, 0) is 20.8 Å². The largest absolute Gasteiger partial charge is 0.511 e. The highest BCUT2D eigenvalue weighted by molar-refractivity contribution is 5.80. The van der Waals surface area contributed by atoms with E-state index in [1.54, 1.807) is 20.8 Å². The molecule has 210 valence electrons. The van der Waals surface area contributed by atoms with Crippen LogP contribution in [0.1, 0.15) is 54.5 Å². The van der Waals surface area contributed by atoms with E-state index in [1.807, 2.05) is 50.2 Å². The lowest BCUT2D eigenvalue weighted by atomic mass is 9.98. The van der Waals surface area contributed by atoms with E-state index in [1.165, 1.54) is 4.90 Å². The molecule has 7 nitrogen and oxygen atoms in total. The van der Waals surface area contributed by atoms with Gasteiger partial charge in [0.15, 0.2) is 5.60 Å². The third kappa shape index (κ3) is 6.14. The number of aryl methyl sites for hydroxylation is 2. The summed E-state index contributed by atoms with van der Waals surface area (Å²) < 4.78 is 17.0. The normalized spacial score (nSPS) is 12.3. The molecule has 1 aliphatic carbocycles. The van der Waals surface area contributed by atoms with Crippen LogP contribution < -0.4 is 4.74 Å². The van der Waals surface area contributed by atoms with Crippen molar-refractivity contribution in [1.82, 2.24) is 4.90 Å². The first kappa shape index (κ1) is 28.7. The van der Waals surface area contributed by atoms with Gasteiger partial charge in [0.2, 0.25) is 0 Å². The lowest BCUT2D eigenvalue weighted by Gasteiger charge is -2.27. The molecular weight excluding hydrogens is 506 g/mol. The summed E-state index contributed by atoms with van der Waals surface area (Å²) in [5.41, 5.74) is 5.84. The number of ether oxygens (including phenoxy) is 3. The molecule has 0 unspecified atom stereocenters. The lowest BCUT2D eigenvalue weighted by Crippen LogP contribution is -2.40. The van der Waals surface area contributed by atoms with E-state index in [9.17, 15) is 14.7 Å². The molecule has 0 aliphatic heterocycles. The number of benzene rings is 3. The van der Waals surface area contributed by atoms with Gasteiger partial charge in [0.25, 0.3) is 0 Å². The van der Waals surface area contributed by atoms with E-state index in [2.05, 4.69) is 30.8 Å². The number of fused-ring (bicyclic) bond motifs is 3. The number of hydrogen-bond acceptors (Lipinski definition) is 6. The number of carbonyl (C=O) groups excluding carboxylic acids is 2. The second-order valence-corrected chi connectivity index (χ2v) is 10.6. The fraction of sp³-hybridized carbons (Fsp3) is 0.333. The molecule has 1 N–H and O–H groups in total. The van der Waals surface area contributed by atoms with Crippen LogP contribution in [0.15, 0.2) is 73.0 Å². The van der Waals surface area contributed by atoms with E-state index in [-0.39, 0.29) is 38.0 Å². The zero-order valence-corrected chi connectivity index (χ0v) is 23.8. The summed E-state index contributed by atoms with van der Waals surface area (Å²) >= 11 is 0. The van der Waals surface area contributed by atoms with E-state index in [4.69, 9.17) is 14.2 Å². The van der Waals surface area contributed by atoms with Crippen molar-refractivity contribution < 1.29 is 28.9 Å². The first-order valence-corrected chi connectivity index (χ1v) is 13.4. The van der Waals surface area contributed by atoms with Gasteiger partial charge in [-0.15, -0.1) is 0 Å². The van der Waals surface area contributed by atoms with Crippen molar-refractivity contribution in [3.8, 4) is 16.9 Å². The van der Waals surface area contributed by atoms with Gasteiger partial charge < -0.3 is 19.3 Å². The number of nitrogens with zero attached hydrogens (tertiary/aromatic N) is 1. The smallest absolute Gasteiger partial charge is 0.410 e. The molecule has 0 saturated heterocycles. The molecule has 1 aliphatic rings. The third-order valence-electron chi connectivity index (χ3n) is 6.99. The quantitative estimate of drug-likeness (QED) is 0.222. The van der Waals surface area contributed by atoms with Gasteiger partial charge in [-0.1, -0.05) is 67.2 Å². The van der Waals surface area contributed by atoms with E-state index in [0.717, 1.165) is 38.9 Å². The van der Waals surface area contributed by atoms with Gasteiger partial charge in [0.1, 0.15) is 18.1 Å². The molecule has 0 aromatic heterocycles. The number of carbonyl (C=O) groups is 2. The highest BCUT2D eigenvalue weighted by Crippen LogP contribution is 2.44. The van der Waals surface area contributed by atoms with E-state index >= 15 is 0 Å². The van der Waals surface area contributed by atoms with Gasteiger partial charge in [0.05, 0.1) is 13.2 Å². The summed E-state index contributed by atoms with van der Waals surface area (Å²) in [6, 6.07) is 20.1. The van der Waals surface area contributed by atoms with Crippen molar-refractivity contribution in [3.05, 3.63) is 101 Å². The summed E-state index contributed by atoms with van der Waals surface area (Å²) in [6.45, 7) is 13.0. The van der Waals surface area contributed by atoms with Crippen LogP contribution in [0.5, 0.6) is 5.75 Å². The number of hydrogen-bond donors (Lipinski definition) is 1. The molecule has 0 radical (unpaired) electrons. The Kier molecular flexibility index (Phi) is 8.52. The van der Waals surface area contributed by atoms with Crippen LogP contribution in [-0.4, -0.2) is 47.4 Å². The molecule has 0 atom stereocenters. The first-order chi connectivity index (χ1) is 19.0. The number of rotatable bonds is 10. The minimum Gasteiger partial charge on any atom is -0.511 e. The van der Waals surface area contributed by atoms with Gasteiger partial charge in [-0.3, -0.25) is 4.90 Å². The van der Waals surface area contributed by atoms with Gasteiger partial charge in [-0.2, -0.15) is 0 Å². The number of aliphatic hydroxyl groups is 1. The predicted octanol–water partition coefficient (Wildman–Crippen LogP) is 6.85.